The zero-order valence-corrected chi connectivity index (χ0v) is 7.53. The molecule has 1 aromatic heterocycles. The van der Waals surface area contributed by atoms with Gasteiger partial charge < -0.3 is 0 Å². The van der Waals surface area contributed by atoms with E-state index in [2.05, 4.69) is 6.92 Å². The fraction of sp³-hybridized carbons (Fsp3) is 0.556. The van der Waals surface area contributed by atoms with Crippen LogP contribution in [0.2, 0.25) is 0 Å². The Kier molecular flexibility index (Phi) is 3.57. The zero-order chi connectivity index (χ0) is 8.10. The second-order valence-electron chi connectivity index (χ2n) is 2.63. The highest BCUT2D eigenvalue weighted by atomic mass is 32.1. The van der Waals surface area contributed by atoms with Crippen LogP contribution in [0.1, 0.15) is 37.2 Å². The molecule has 0 aliphatic carbocycles. The van der Waals surface area contributed by atoms with Gasteiger partial charge in [0.25, 0.3) is 0 Å². The molecule has 0 radical (unpaired) electrons. The van der Waals surface area contributed by atoms with Gasteiger partial charge in [-0.3, -0.25) is 0 Å². The van der Waals surface area contributed by atoms with Crippen LogP contribution in [0.5, 0.6) is 0 Å². The number of thiophene rings is 1. The Morgan fingerprint density at radius 3 is 3.00 bits per heavy atom. The van der Waals surface area contributed by atoms with Crippen LogP contribution in [0.4, 0.5) is 4.39 Å². The zero-order valence-electron chi connectivity index (χ0n) is 6.72. The standard InChI is InChI=1S/C9H13FS/c1-2-3-5-8(10)9-6-4-7-11-9/h4,6-8H,2-3,5H2,1H3. The molecule has 0 spiro atoms. The van der Waals surface area contributed by atoms with E-state index < -0.39 is 6.17 Å². The Morgan fingerprint density at radius 1 is 1.64 bits per heavy atom. The van der Waals surface area contributed by atoms with Crippen molar-refractivity contribution in [1.82, 2.24) is 0 Å². The van der Waals surface area contributed by atoms with Crippen LogP contribution in [0.25, 0.3) is 0 Å². The quantitative estimate of drug-likeness (QED) is 0.645. The number of unbranched alkanes of at least 4 members (excludes halogenated alkanes) is 1. The van der Waals surface area contributed by atoms with E-state index in [0.717, 1.165) is 17.7 Å². The Balaban J connectivity index is 2.36. The Hall–Kier alpha value is -0.370. The van der Waals surface area contributed by atoms with Gasteiger partial charge in [-0.15, -0.1) is 11.3 Å². The molecule has 0 saturated carbocycles. The minimum Gasteiger partial charge on any atom is -0.241 e. The predicted octanol–water partition coefficient (Wildman–Crippen LogP) is 3.95. The highest BCUT2D eigenvalue weighted by Crippen LogP contribution is 2.26. The highest BCUT2D eigenvalue weighted by molar-refractivity contribution is 7.10. The number of alkyl halides is 1. The van der Waals surface area contributed by atoms with E-state index in [9.17, 15) is 4.39 Å². The van der Waals surface area contributed by atoms with Gasteiger partial charge in [0, 0.05) is 4.88 Å². The lowest BCUT2D eigenvalue weighted by Crippen LogP contribution is -1.86. The van der Waals surface area contributed by atoms with E-state index in [1.54, 1.807) is 0 Å². The van der Waals surface area contributed by atoms with Crippen LogP contribution in [0, 0.1) is 0 Å². The third-order valence-electron chi connectivity index (χ3n) is 1.66. The number of rotatable bonds is 4. The first-order chi connectivity index (χ1) is 5.34. The van der Waals surface area contributed by atoms with Crippen molar-refractivity contribution in [3.8, 4) is 0 Å². The van der Waals surface area contributed by atoms with Crippen molar-refractivity contribution in [2.45, 2.75) is 32.4 Å². The van der Waals surface area contributed by atoms with E-state index in [1.165, 1.54) is 11.3 Å². The fourth-order valence-corrected chi connectivity index (χ4v) is 1.73. The molecule has 0 aliphatic rings. The molecule has 0 bridgehead atoms. The molecule has 0 saturated heterocycles. The van der Waals surface area contributed by atoms with E-state index >= 15 is 0 Å². The average Bonchev–Trinajstić information content (AvgIpc) is 2.52. The minimum atomic E-state index is -0.727. The Labute approximate surface area is 71.1 Å². The smallest absolute Gasteiger partial charge is 0.134 e. The van der Waals surface area contributed by atoms with Crippen LogP contribution >= 0.6 is 11.3 Å². The minimum absolute atomic E-state index is 0.678. The summed E-state index contributed by atoms with van der Waals surface area (Å²) in [6.07, 6.45) is 2.01. The molecule has 0 amide bonds. The third kappa shape index (κ3) is 2.62. The molecule has 0 fully saturated rings. The molecular weight excluding hydrogens is 159 g/mol. The van der Waals surface area contributed by atoms with E-state index in [0.29, 0.717) is 6.42 Å². The van der Waals surface area contributed by atoms with E-state index in [1.807, 2.05) is 17.5 Å². The van der Waals surface area contributed by atoms with Crippen LogP contribution in [0.3, 0.4) is 0 Å². The van der Waals surface area contributed by atoms with Crippen molar-refractivity contribution in [3.05, 3.63) is 22.4 Å². The first-order valence-electron chi connectivity index (χ1n) is 4.02. The van der Waals surface area contributed by atoms with Crippen molar-refractivity contribution in [1.29, 1.82) is 0 Å². The fourth-order valence-electron chi connectivity index (χ4n) is 0.995. The largest absolute Gasteiger partial charge is 0.241 e. The predicted molar refractivity (Wildman–Crippen MR) is 47.7 cm³/mol. The third-order valence-corrected chi connectivity index (χ3v) is 2.62. The monoisotopic (exact) mass is 172 g/mol. The van der Waals surface area contributed by atoms with Gasteiger partial charge in [-0.05, 0) is 17.9 Å². The van der Waals surface area contributed by atoms with Crippen LogP contribution in [-0.2, 0) is 0 Å². The van der Waals surface area contributed by atoms with Gasteiger partial charge in [0.15, 0.2) is 0 Å². The van der Waals surface area contributed by atoms with Gasteiger partial charge in [0.05, 0.1) is 0 Å². The van der Waals surface area contributed by atoms with E-state index in [-0.39, 0.29) is 0 Å². The molecule has 0 aromatic carbocycles. The van der Waals surface area contributed by atoms with Crippen molar-refractivity contribution in [2.75, 3.05) is 0 Å². The summed E-state index contributed by atoms with van der Waals surface area (Å²) in [7, 11) is 0. The highest BCUT2D eigenvalue weighted by Gasteiger charge is 2.08. The van der Waals surface area contributed by atoms with Crippen molar-refractivity contribution in [3.63, 3.8) is 0 Å². The molecule has 1 rings (SSSR count). The van der Waals surface area contributed by atoms with Gasteiger partial charge in [-0.25, -0.2) is 4.39 Å². The van der Waals surface area contributed by atoms with Crippen LogP contribution in [0.15, 0.2) is 17.5 Å². The second-order valence-corrected chi connectivity index (χ2v) is 3.60. The number of halogens is 1. The molecule has 0 aliphatic heterocycles. The summed E-state index contributed by atoms with van der Waals surface area (Å²) in [6.45, 7) is 2.08. The molecule has 1 aromatic rings. The first-order valence-corrected chi connectivity index (χ1v) is 4.90. The van der Waals surface area contributed by atoms with E-state index in [4.69, 9.17) is 0 Å². The summed E-state index contributed by atoms with van der Waals surface area (Å²) >= 11 is 1.51. The van der Waals surface area contributed by atoms with Gasteiger partial charge in [0.1, 0.15) is 6.17 Å². The van der Waals surface area contributed by atoms with Crippen LogP contribution in [-0.4, -0.2) is 0 Å². The number of hydrogen-bond donors (Lipinski definition) is 0. The molecule has 1 atom stereocenters. The maximum Gasteiger partial charge on any atom is 0.134 e. The molecule has 62 valence electrons. The lowest BCUT2D eigenvalue weighted by atomic mass is 10.1. The lowest BCUT2D eigenvalue weighted by molar-refractivity contribution is 0.321. The lowest BCUT2D eigenvalue weighted by Gasteiger charge is -2.02. The summed E-state index contributed by atoms with van der Waals surface area (Å²) in [4.78, 5) is 0.874. The van der Waals surface area contributed by atoms with Crippen molar-refractivity contribution >= 4 is 11.3 Å². The maximum absolute atomic E-state index is 13.2. The molecule has 1 unspecified atom stereocenters. The Bertz CT molecular complexity index is 181. The van der Waals surface area contributed by atoms with Crippen LogP contribution < -0.4 is 0 Å². The van der Waals surface area contributed by atoms with Gasteiger partial charge >= 0.3 is 0 Å². The normalized spacial score (nSPS) is 13.3. The van der Waals surface area contributed by atoms with Crippen molar-refractivity contribution < 1.29 is 4.39 Å². The summed E-state index contributed by atoms with van der Waals surface area (Å²) < 4.78 is 13.2. The summed E-state index contributed by atoms with van der Waals surface area (Å²) in [5.74, 6) is 0. The molecule has 0 N–H and O–H groups in total. The van der Waals surface area contributed by atoms with Gasteiger partial charge in [-0.2, -0.15) is 0 Å². The maximum atomic E-state index is 13.2. The second kappa shape index (κ2) is 4.50. The molecule has 11 heavy (non-hydrogen) atoms. The summed E-state index contributed by atoms with van der Waals surface area (Å²) in [6, 6.07) is 3.77. The number of hydrogen-bond acceptors (Lipinski definition) is 1. The molecule has 0 nitrogen and oxygen atoms in total. The van der Waals surface area contributed by atoms with Gasteiger partial charge in [0.2, 0.25) is 0 Å². The average molecular weight is 172 g/mol. The summed E-state index contributed by atoms with van der Waals surface area (Å²) in [5, 5.41) is 1.92. The summed E-state index contributed by atoms with van der Waals surface area (Å²) in [5.41, 5.74) is 0. The molecular formula is C9H13FS. The Morgan fingerprint density at radius 2 is 2.45 bits per heavy atom. The first kappa shape index (κ1) is 8.72. The van der Waals surface area contributed by atoms with Gasteiger partial charge in [-0.1, -0.05) is 25.8 Å². The SMILES string of the molecule is CCCCC(F)c1cccs1. The molecule has 1 heterocycles. The molecule has 2 heteroatoms. The topological polar surface area (TPSA) is 0 Å². The van der Waals surface area contributed by atoms with Crippen molar-refractivity contribution in [2.24, 2.45) is 0 Å².